The number of methoxy groups -OCH3 is 2. The van der Waals surface area contributed by atoms with Crippen LogP contribution in [0.3, 0.4) is 0 Å². The van der Waals surface area contributed by atoms with Gasteiger partial charge in [0.2, 0.25) is 0 Å². The van der Waals surface area contributed by atoms with E-state index in [1.54, 1.807) is 0 Å². The molecular weight excluding hydrogens is 334 g/mol. The summed E-state index contributed by atoms with van der Waals surface area (Å²) in [5.41, 5.74) is 0.992. The van der Waals surface area contributed by atoms with Gasteiger partial charge in [-0.3, -0.25) is 4.84 Å². The maximum atomic E-state index is 12.7. The summed E-state index contributed by atoms with van der Waals surface area (Å²) in [6.07, 6.45) is 6.41. The molecule has 6 aliphatic rings. The van der Waals surface area contributed by atoms with Gasteiger partial charge < -0.3 is 9.47 Å². The fraction of sp³-hybridized carbons (Fsp3) is 0.700. The largest absolute Gasteiger partial charge is 0.466 e. The Kier molecular flexibility index (Phi) is 3.30. The molecular formula is C20H25NO5. The van der Waals surface area contributed by atoms with Crippen LogP contribution in [0.1, 0.15) is 26.7 Å². The number of esters is 2. The van der Waals surface area contributed by atoms with E-state index in [0.29, 0.717) is 11.1 Å². The van der Waals surface area contributed by atoms with Crippen LogP contribution in [0.5, 0.6) is 0 Å². The van der Waals surface area contributed by atoms with Crippen LogP contribution < -0.4 is 0 Å². The SMILES string of the molecule is COC(=O)C1=C(C(=O)OC)C2C3C=CC3C1C1ON3C(CCC3(C)C)C12. The Bertz CT molecular complexity index is 753. The second-order valence-corrected chi connectivity index (χ2v) is 8.79. The smallest absolute Gasteiger partial charge is 0.334 e. The zero-order valence-corrected chi connectivity index (χ0v) is 15.6. The van der Waals surface area contributed by atoms with Crippen molar-refractivity contribution in [2.45, 2.75) is 44.4 Å². The Balaban J connectivity index is 1.66. The van der Waals surface area contributed by atoms with Crippen molar-refractivity contribution in [3.63, 3.8) is 0 Å². The van der Waals surface area contributed by atoms with E-state index in [1.807, 2.05) is 0 Å². The molecule has 26 heavy (non-hydrogen) atoms. The number of carbonyl (C=O) groups is 2. The van der Waals surface area contributed by atoms with Crippen LogP contribution in [0.4, 0.5) is 0 Å². The first-order valence-electron chi connectivity index (χ1n) is 9.46. The minimum atomic E-state index is -0.424. The third kappa shape index (κ3) is 1.79. The molecule has 7 atom stereocenters. The molecule has 140 valence electrons. The van der Waals surface area contributed by atoms with Crippen molar-refractivity contribution in [3.05, 3.63) is 23.3 Å². The van der Waals surface area contributed by atoms with E-state index >= 15 is 0 Å². The average molecular weight is 359 g/mol. The molecule has 2 heterocycles. The van der Waals surface area contributed by atoms with Gasteiger partial charge in [-0.2, -0.15) is 5.06 Å². The lowest BCUT2D eigenvalue weighted by Gasteiger charge is -2.56. The van der Waals surface area contributed by atoms with Gasteiger partial charge in [0, 0.05) is 29.3 Å². The van der Waals surface area contributed by atoms with Crippen molar-refractivity contribution in [2.24, 2.45) is 29.6 Å². The maximum absolute atomic E-state index is 12.7. The molecule has 0 aromatic rings. The van der Waals surface area contributed by atoms with Gasteiger partial charge in [-0.25, -0.2) is 9.59 Å². The quantitative estimate of drug-likeness (QED) is 0.554. The summed E-state index contributed by atoms with van der Waals surface area (Å²) >= 11 is 0. The fourth-order valence-corrected chi connectivity index (χ4v) is 6.29. The maximum Gasteiger partial charge on any atom is 0.334 e. The van der Waals surface area contributed by atoms with Crippen LogP contribution in [0, 0.1) is 29.6 Å². The summed E-state index contributed by atoms with van der Waals surface area (Å²) in [4.78, 5) is 31.8. The van der Waals surface area contributed by atoms with E-state index in [2.05, 4.69) is 31.1 Å². The van der Waals surface area contributed by atoms with E-state index in [4.69, 9.17) is 14.3 Å². The third-order valence-corrected chi connectivity index (χ3v) is 7.37. The van der Waals surface area contributed by atoms with Crippen molar-refractivity contribution in [2.75, 3.05) is 14.2 Å². The Morgan fingerprint density at radius 2 is 1.65 bits per heavy atom. The lowest BCUT2D eigenvalue weighted by Crippen LogP contribution is -2.59. The van der Waals surface area contributed by atoms with E-state index in [0.717, 1.165) is 12.8 Å². The van der Waals surface area contributed by atoms with E-state index in [-0.39, 0.29) is 47.3 Å². The standard InChI is InChI=1S/C20H25NO5/c1-20(2)8-7-11-14-12-9-5-6-10(9)13(17(14)26-21(11)20)16(19(23)25-4)15(12)18(22)24-3/h5-6,9-14,17H,7-8H2,1-4H3. The van der Waals surface area contributed by atoms with Crippen molar-refractivity contribution in [1.82, 2.24) is 5.06 Å². The molecule has 4 aliphatic carbocycles. The summed E-state index contributed by atoms with van der Waals surface area (Å²) < 4.78 is 10.2. The number of nitrogens with zero attached hydrogens (tertiary/aromatic N) is 1. The van der Waals surface area contributed by atoms with E-state index in [1.165, 1.54) is 14.2 Å². The first kappa shape index (κ1) is 16.5. The van der Waals surface area contributed by atoms with Crippen molar-refractivity contribution in [3.8, 4) is 0 Å². The number of fused-ring (bicyclic) bond motifs is 1. The second-order valence-electron chi connectivity index (χ2n) is 8.79. The van der Waals surface area contributed by atoms with Crippen LogP contribution >= 0.6 is 0 Å². The second kappa shape index (κ2) is 5.20. The highest BCUT2D eigenvalue weighted by molar-refractivity contribution is 6.02. The normalized spacial score (nSPS) is 44.2. The van der Waals surface area contributed by atoms with Crippen molar-refractivity contribution < 1.29 is 23.9 Å². The van der Waals surface area contributed by atoms with Crippen molar-refractivity contribution in [1.29, 1.82) is 0 Å². The predicted octanol–water partition coefficient (Wildman–Crippen LogP) is 1.86. The summed E-state index contributed by atoms with van der Waals surface area (Å²) in [5.74, 6) is -0.243. The van der Waals surface area contributed by atoms with Gasteiger partial charge in [0.05, 0.1) is 31.5 Å². The molecule has 0 spiro atoms. The lowest BCUT2D eigenvalue weighted by molar-refractivity contribution is -0.216. The monoisotopic (exact) mass is 359 g/mol. The van der Waals surface area contributed by atoms with Crippen LogP contribution in [0.2, 0.25) is 0 Å². The van der Waals surface area contributed by atoms with Gasteiger partial charge in [0.15, 0.2) is 0 Å². The lowest BCUT2D eigenvalue weighted by atomic mass is 9.47. The Morgan fingerprint density at radius 1 is 1.08 bits per heavy atom. The van der Waals surface area contributed by atoms with Gasteiger partial charge >= 0.3 is 11.9 Å². The van der Waals surface area contributed by atoms with Crippen LogP contribution in [0.15, 0.2) is 23.3 Å². The highest BCUT2D eigenvalue weighted by atomic mass is 16.7. The predicted molar refractivity (Wildman–Crippen MR) is 91.5 cm³/mol. The Morgan fingerprint density at radius 3 is 2.23 bits per heavy atom. The van der Waals surface area contributed by atoms with Crippen LogP contribution in [-0.2, 0) is 23.9 Å². The van der Waals surface area contributed by atoms with Crippen LogP contribution in [0.25, 0.3) is 0 Å². The first-order chi connectivity index (χ1) is 12.4. The number of hydroxylamine groups is 2. The number of ether oxygens (including phenoxy) is 2. The molecule has 0 amide bonds. The molecule has 1 saturated carbocycles. The van der Waals surface area contributed by atoms with Gasteiger partial charge in [-0.15, -0.1) is 0 Å². The Hall–Kier alpha value is -1.66. The third-order valence-electron chi connectivity index (χ3n) is 7.37. The van der Waals surface area contributed by atoms with Gasteiger partial charge in [0.25, 0.3) is 0 Å². The minimum absolute atomic E-state index is 0.0230. The number of allylic oxidation sites excluding steroid dienone is 2. The number of carbonyl (C=O) groups excluding carboxylic acids is 2. The fourth-order valence-electron chi connectivity index (χ4n) is 6.29. The van der Waals surface area contributed by atoms with Crippen molar-refractivity contribution >= 4 is 11.9 Å². The Labute approximate surface area is 153 Å². The molecule has 2 bridgehead atoms. The molecule has 6 nitrogen and oxygen atoms in total. The molecule has 0 radical (unpaired) electrons. The molecule has 6 rings (SSSR count). The summed E-state index contributed by atoms with van der Waals surface area (Å²) in [6, 6.07) is 0.288. The number of hydrogen-bond donors (Lipinski definition) is 0. The molecule has 0 aromatic carbocycles. The molecule has 6 heteroatoms. The molecule has 0 aromatic heterocycles. The highest BCUT2D eigenvalue weighted by Crippen LogP contribution is 2.64. The molecule has 7 unspecified atom stereocenters. The van der Waals surface area contributed by atoms with Crippen LogP contribution in [-0.4, -0.2) is 48.9 Å². The van der Waals surface area contributed by atoms with E-state index in [9.17, 15) is 9.59 Å². The number of rotatable bonds is 2. The zero-order chi connectivity index (χ0) is 18.4. The molecule has 3 fully saturated rings. The molecule has 2 saturated heterocycles. The zero-order valence-electron chi connectivity index (χ0n) is 15.6. The topological polar surface area (TPSA) is 65.1 Å². The summed E-state index contributed by atoms with van der Waals surface area (Å²) in [7, 11) is 2.75. The summed E-state index contributed by atoms with van der Waals surface area (Å²) in [6.45, 7) is 4.41. The van der Waals surface area contributed by atoms with E-state index < -0.39 is 11.9 Å². The average Bonchev–Trinajstić information content (AvgIpc) is 3.11. The molecule has 2 aliphatic heterocycles. The highest BCUT2D eigenvalue weighted by Gasteiger charge is 2.68. The summed E-state index contributed by atoms with van der Waals surface area (Å²) in [5, 5.41) is 2.15. The van der Waals surface area contributed by atoms with Gasteiger partial charge in [-0.05, 0) is 38.5 Å². The molecule has 0 N–H and O–H groups in total. The van der Waals surface area contributed by atoms with Gasteiger partial charge in [-0.1, -0.05) is 12.2 Å². The number of hydrogen-bond acceptors (Lipinski definition) is 6. The first-order valence-corrected chi connectivity index (χ1v) is 9.46. The minimum Gasteiger partial charge on any atom is -0.466 e. The van der Waals surface area contributed by atoms with Gasteiger partial charge in [0.1, 0.15) is 0 Å².